The fourth-order valence-electron chi connectivity index (χ4n) is 3.62. The highest BCUT2D eigenvalue weighted by Crippen LogP contribution is 2.33. The minimum Gasteiger partial charge on any atom is -0.438 e. The number of ether oxygens (including phenoxy) is 1. The van der Waals surface area contributed by atoms with Crippen LogP contribution in [0.5, 0.6) is 11.6 Å². The number of pyridine rings is 1. The second kappa shape index (κ2) is 9.57. The Morgan fingerprint density at radius 3 is 2.49 bits per heavy atom. The van der Waals surface area contributed by atoms with Gasteiger partial charge in [0.2, 0.25) is 15.7 Å². The van der Waals surface area contributed by atoms with Crippen LogP contribution in [0.2, 0.25) is 0 Å². The number of allylic oxidation sites excluding steroid dienone is 1. The normalized spacial score (nSPS) is 12.0. The highest BCUT2D eigenvalue weighted by atomic mass is 32.2. The number of fused-ring (bicyclic) bond motifs is 1. The van der Waals surface area contributed by atoms with E-state index in [1.54, 1.807) is 42.5 Å². The van der Waals surface area contributed by atoms with Crippen molar-refractivity contribution in [3.05, 3.63) is 105 Å². The first-order chi connectivity index (χ1) is 16.7. The van der Waals surface area contributed by atoms with Crippen LogP contribution in [0.4, 0.5) is 0 Å². The molecule has 0 saturated heterocycles. The first-order valence-corrected chi connectivity index (χ1v) is 12.4. The molecule has 0 bridgehead atoms. The smallest absolute Gasteiger partial charge is 0.269 e. The lowest BCUT2D eigenvalue weighted by atomic mass is 10.0. The van der Waals surface area contributed by atoms with Gasteiger partial charge in [0.25, 0.3) is 5.56 Å². The molecule has 0 aliphatic carbocycles. The molecule has 7 nitrogen and oxygen atoms in total. The number of aromatic nitrogens is 2. The van der Waals surface area contributed by atoms with Crippen LogP contribution in [0.3, 0.4) is 0 Å². The van der Waals surface area contributed by atoms with E-state index in [1.165, 1.54) is 22.7 Å². The van der Waals surface area contributed by atoms with Crippen LogP contribution in [0, 0.1) is 18.3 Å². The van der Waals surface area contributed by atoms with Crippen molar-refractivity contribution in [2.24, 2.45) is 0 Å². The molecular weight excluding hydrogens is 462 g/mol. The van der Waals surface area contributed by atoms with E-state index in [9.17, 15) is 18.5 Å². The lowest BCUT2D eigenvalue weighted by Crippen LogP contribution is -2.19. The summed E-state index contributed by atoms with van der Waals surface area (Å²) in [6.45, 7) is 5.95. The minimum atomic E-state index is -4.17. The average molecular weight is 486 g/mol. The Kier molecular flexibility index (Phi) is 6.54. The van der Waals surface area contributed by atoms with Crippen LogP contribution in [-0.4, -0.2) is 17.8 Å². The fraction of sp³-hybridized carbons (Fsp3) is 0.148. The Morgan fingerprint density at radius 1 is 1.09 bits per heavy atom. The van der Waals surface area contributed by atoms with Crippen molar-refractivity contribution in [3.8, 4) is 17.7 Å². The maximum Gasteiger partial charge on any atom is 0.269 e. The number of hydrogen-bond acceptors (Lipinski definition) is 6. The Bertz CT molecular complexity index is 1650. The molecule has 35 heavy (non-hydrogen) atoms. The first-order valence-electron chi connectivity index (χ1n) is 10.9. The molecule has 2 aromatic heterocycles. The third kappa shape index (κ3) is 4.72. The zero-order valence-electron chi connectivity index (χ0n) is 19.5. The number of benzene rings is 2. The molecule has 0 spiro atoms. The van der Waals surface area contributed by atoms with Crippen LogP contribution in [0.15, 0.2) is 87.5 Å². The molecule has 2 heterocycles. The van der Waals surface area contributed by atoms with Crippen molar-refractivity contribution in [1.29, 1.82) is 5.26 Å². The molecule has 0 saturated carbocycles. The molecule has 0 unspecified atom stereocenters. The summed E-state index contributed by atoms with van der Waals surface area (Å²) in [5.74, 6) is 0.551. The second-order valence-electron chi connectivity index (χ2n) is 8.30. The van der Waals surface area contributed by atoms with Crippen LogP contribution in [0.25, 0.3) is 11.7 Å². The first kappa shape index (κ1) is 23.9. The lowest BCUT2D eigenvalue weighted by Gasteiger charge is -2.16. The predicted octanol–water partition coefficient (Wildman–Crippen LogP) is 5.26. The largest absolute Gasteiger partial charge is 0.438 e. The summed E-state index contributed by atoms with van der Waals surface area (Å²) in [4.78, 5) is 17.3. The third-order valence-electron chi connectivity index (χ3n) is 5.46. The van der Waals surface area contributed by atoms with Gasteiger partial charge in [0.1, 0.15) is 27.9 Å². The summed E-state index contributed by atoms with van der Waals surface area (Å²) < 4.78 is 33.7. The summed E-state index contributed by atoms with van der Waals surface area (Å²) in [7, 11) is -4.17. The third-order valence-corrected chi connectivity index (χ3v) is 7.14. The van der Waals surface area contributed by atoms with Crippen molar-refractivity contribution >= 4 is 21.6 Å². The van der Waals surface area contributed by atoms with E-state index < -0.39 is 20.3 Å². The van der Waals surface area contributed by atoms with Crippen LogP contribution in [-0.2, 0) is 9.84 Å². The van der Waals surface area contributed by atoms with Gasteiger partial charge in [-0.1, -0.05) is 50.2 Å². The molecule has 2 aromatic carbocycles. The van der Waals surface area contributed by atoms with Gasteiger partial charge in [-0.05, 0) is 60.4 Å². The molecule has 4 aromatic rings. The van der Waals surface area contributed by atoms with E-state index in [0.29, 0.717) is 11.4 Å². The van der Waals surface area contributed by atoms with E-state index in [2.05, 4.69) is 4.98 Å². The average Bonchev–Trinajstić information content (AvgIpc) is 2.84. The maximum absolute atomic E-state index is 13.4. The van der Waals surface area contributed by atoms with E-state index in [-0.39, 0.29) is 22.3 Å². The summed E-state index contributed by atoms with van der Waals surface area (Å²) in [6.07, 6.45) is 2.56. The second-order valence-corrected chi connectivity index (χ2v) is 10.2. The van der Waals surface area contributed by atoms with Crippen molar-refractivity contribution < 1.29 is 13.2 Å². The zero-order chi connectivity index (χ0) is 25.2. The molecule has 0 radical (unpaired) electrons. The zero-order valence-corrected chi connectivity index (χ0v) is 20.3. The van der Waals surface area contributed by atoms with Crippen molar-refractivity contribution in [2.45, 2.75) is 31.6 Å². The van der Waals surface area contributed by atoms with Crippen LogP contribution >= 0.6 is 0 Å². The molecular formula is C27H23N3O4S. The van der Waals surface area contributed by atoms with Crippen molar-refractivity contribution in [1.82, 2.24) is 9.38 Å². The van der Waals surface area contributed by atoms with Gasteiger partial charge >= 0.3 is 0 Å². The van der Waals surface area contributed by atoms with Gasteiger partial charge < -0.3 is 4.74 Å². The van der Waals surface area contributed by atoms with E-state index in [1.807, 2.05) is 39.0 Å². The molecule has 0 N–H and O–H groups in total. The van der Waals surface area contributed by atoms with E-state index >= 15 is 0 Å². The number of nitrogens with zero attached hydrogens (tertiary/aromatic N) is 3. The molecule has 8 heteroatoms. The monoisotopic (exact) mass is 485 g/mol. The number of rotatable bonds is 6. The van der Waals surface area contributed by atoms with Gasteiger partial charge in [0.05, 0.1) is 4.90 Å². The van der Waals surface area contributed by atoms with Crippen LogP contribution < -0.4 is 10.3 Å². The summed E-state index contributed by atoms with van der Waals surface area (Å²) >= 11 is 0. The topological polar surface area (TPSA) is 102 Å². The SMILES string of the molecule is Cc1ccc(C(C)C)c(Oc2nc3ccccn3c(=O)c2C=C(C#N)S(=O)(=O)c2ccccc2)c1. The lowest BCUT2D eigenvalue weighted by molar-refractivity contribution is 0.452. The van der Waals surface area contributed by atoms with Gasteiger partial charge in [0.15, 0.2) is 0 Å². The number of aryl methyl sites for hydroxylation is 1. The summed E-state index contributed by atoms with van der Waals surface area (Å²) in [5, 5.41) is 9.75. The van der Waals surface area contributed by atoms with Crippen molar-refractivity contribution in [2.75, 3.05) is 0 Å². The maximum atomic E-state index is 13.4. The number of nitriles is 1. The molecule has 4 rings (SSSR count). The Balaban J connectivity index is 1.97. The van der Waals surface area contributed by atoms with E-state index in [0.717, 1.165) is 17.2 Å². The Morgan fingerprint density at radius 2 is 1.80 bits per heavy atom. The Hall–Kier alpha value is -4.22. The number of hydrogen-bond donors (Lipinski definition) is 0. The van der Waals surface area contributed by atoms with E-state index in [4.69, 9.17) is 4.74 Å². The van der Waals surface area contributed by atoms with Gasteiger partial charge in [-0.25, -0.2) is 8.42 Å². The van der Waals surface area contributed by atoms with Gasteiger partial charge in [-0.15, -0.1) is 0 Å². The van der Waals surface area contributed by atoms with Gasteiger partial charge in [-0.2, -0.15) is 10.2 Å². The highest BCUT2D eigenvalue weighted by Gasteiger charge is 2.24. The Labute approximate surface area is 203 Å². The predicted molar refractivity (Wildman–Crippen MR) is 134 cm³/mol. The molecule has 176 valence electrons. The molecule has 0 aliphatic rings. The number of sulfone groups is 1. The minimum absolute atomic E-state index is 0.0510. The van der Waals surface area contributed by atoms with Crippen molar-refractivity contribution in [3.63, 3.8) is 0 Å². The molecule has 0 aliphatic heterocycles. The fourth-order valence-corrected chi connectivity index (χ4v) is 4.79. The summed E-state index contributed by atoms with van der Waals surface area (Å²) in [5.41, 5.74) is 1.48. The highest BCUT2D eigenvalue weighted by molar-refractivity contribution is 7.95. The summed E-state index contributed by atoms with van der Waals surface area (Å²) in [6, 6.07) is 20.1. The van der Waals surface area contributed by atoms with Crippen LogP contribution in [0.1, 0.15) is 36.5 Å². The molecule has 0 atom stereocenters. The molecule has 0 fully saturated rings. The molecule has 0 amide bonds. The standard InChI is InChI=1S/C27H23N3O4S/c1-18(2)22-13-12-19(3)15-24(22)34-26-23(27(31)30-14-8-7-11-25(30)29-26)16-21(17-28)35(32,33)20-9-5-4-6-10-20/h4-16,18H,1-3H3. The van der Waals surface area contributed by atoms with Gasteiger partial charge in [0, 0.05) is 6.20 Å². The quantitative estimate of drug-likeness (QED) is 0.345. The van der Waals surface area contributed by atoms with Gasteiger partial charge in [-0.3, -0.25) is 9.20 Å².